The van der Waals surface area contributed by atoms with E-state index < -0.39 is 0 Å². The van der Waals surface area contributed by atoms with Crippen LogP contribution in [0.15, 0.2) is 24.3 Å². The lowest BCUT2D eigenvalue weighted by Crippen LogP contribution is -2.30. The third kappa shape index (κ3) is 3.54. The van der Waals surface area contributed by atoms with Gasteiger partial charge in [-0.05, 0) is 62.6 Å². The van der Waals surface area contributed by atoms with Gasteiger partial charge in [0.05, 0.1) is 0 Å². The molecule has 2 fully saturated rings. The number of rotatable bonds is 8. The highest BCUT2D eigenvalue weighted by atomic mass is 15.1. The summed E-state index contributed by atoms with van der Waals surface area (Å²) in [5.41, 5.74) is 2.94. The second-order valence-electron chi connectivity index (χ2n) is 6.63. The molecule has 1 unspecified atom stereocenters. The maximum absolute atomic E-state index is 3.57. The van der Waals surface area contributed by atoms with E-state index in [4.69, 9.17) is 0 Å². The molecule has 0 bridgehead atoms. The summed E-state index contributed by atoms with van der Waals surface area (Å²) in [5, 5.41) is 3.57. The number of para-hydroxylation sites is 1. The number of hydrogen-bond acceptors (Lipinski definition) is 2. The predicted molar refractivity (Wildman–Crippen MR) is 86.2 cm³/mol. The Balaban J connectivity index is 1.79. The molecule has 2 saturated carbocycles. The fourth-order valence-corrected chi connectivity index (χ4v) is 3.05. The lowest BCUT2D eigenvalue weighted by Gasteiger charge is -2.29. The van der Waals surface area contributed by atoms with Gasteiger partial charge >= 0.3 is 0 Å². The zero-order valence-electron chi connectivity index (χ0n) is 12.9. The predicted octanol–water partition coefficient (Wildman–Crippen LogP) is 3.98. The Morgan fingerprint density at radius 1 is 1.10 bits per heavy atom. The van der Waals surface area contributed by atoms with Crippen molar-refractivity contribution in [1.82, 2.24) is 5.32 Å². The highest BCUT2D eigenvalue weighted by molar-refractivity contribution is 5.55. The second kappa shape index (κ2) is 6.17. The molecule has 0 spiro atoms. The van der Waals surface area contributed by atoms with E-state index in [1.54, 1.807) is 0 Å². The summed E-state index contributed by atoms with van der Waals surface area (Å²) < 4.78 is 0. The molecule has 1 aromatic carbocycles. The molecule has 2 heteroatoms. The van der Waals surface area contributed by atoms with E-state index in [0.29, 0.717) is 6.04 Å². The van der Waals surface area contributed by atoms with Crippen LogP contribution in [0.2, 0.25) is 0 Å². The van der Waals surface area contributed by atoms with Gasteiger partial charge in [-0.15, -0.1) is 0 Å². The van der Waals surface area contributed by atoms with Crippen LogP contribution in [0.5, 0.6) is 0 Å². The first kappa shape index (κ1) is 13.9. The van der Waals surface area contributed by atoms with Crippen molar-refractivity contribution in [2.24, 2.45) is 11.8 Å². The lowest BCUT2D eigenvalue weighted by molar-refractivity contribution is 0.591. The van der Waals surface area contributed by atoms with Gasteiger partial charge in [-0.25, -0.2) is 0 Å². The van der Waals surface area contributed by atoms with Gasteiger partial charge in [0.25, 0.3) is 0 Å². The molecule has 0 aliphatic heterocycles. The zero-order chi connectivity index (χ0) is 13.9. The van der Waals surface area contributed by atoms with Crippen LogP contribution in [0.1, 0.15) is 51.1 Å². The highest BCUT2D eigenvalue weighted by Gasteiger charge is 2.30. The molecular formula is C18H28N2. The van der Waals surface area contributed by atoms with Crippen LogP contribution >= 0.6 is 0 Å². The molecule has 2 aliphatic rings. The fourth-order valence-electron chi connectivity index (χ4n) is 3.05. The van der Waals surface area contributed by atoms with Crippen LogP contribution in [0, 0.1) is 11.8 Å². The first-order valence-corrected chi connectivity index (χ1v) is 8.35. The van der Waals surface area contributed by atoms with Crippen LogP contribution in [0.4, 0.5) is 5.69 Å². The smallest absolute Gasteiger partial charge is 0.0414 e. The van der Waals surface area contributed by atoms with Crippen molar-refractivity contribution in [3.63, 3.8) is 0 Å². The normalized spacial score (nSPS) is 19.9. The van der Waals surface area contributed by atoms with Crippen molar-refractivity contribution < 1.29 is 0 Å². The Labute approximate surface area is 123 Å². The Morgan fingerprint density at radius 3 is 2.25 bits per heavy atom. The van der Waals surface area contributed by atoms with E-state index in [2.05, 4.69) is 48.3 Å². The van der Waals surface area contributed by atoms with Crippen LogP contribution in [-0.2, 0) is 0 Å². The van der Waals surface area contributed by atoms with Crippen molar-refractivity contribution in [2.75, 3.05) is 24.5 Å². The van der Waals surface area contributed by atoms with E-state index in [1.165, 1.54) is 50.0 Å². The molecule has 1 aromatic rings. The van der Waals surface area contributed by atoms with Crippen LogP contribution in [0.3, 0.4) is 0 Å². The molecular weight excluding hydrogens is 244 g/mol. The fraction of sp³-hybridized carbons (Fsp3) is 0.667. The first-order chi connectivity index (χ1) is 9.78. The van der Waals surface area contributed by atoms with Gasteiger partial charge in [0.15, 0.2) is 0 Å². The molecule has 0 heterocycles. The van der Waals surface area contributed by atoms with Crippen molar-refractivity contribution in [3.8, 4) is 0 Å². The summed E-state index contributed by atoms with van der Waals surface area (Å²) in [4.78, 5) is 2.68. The average molecular weight is 272 g/mol. The molecule has 2 aliphatic carbocycles. The summed E-state index contributed by atoms with van der Waals surface area (Å²) in [5.74, 6) is 1.91. The van der Waals surface area contributed by atoms with E-state index in [0.717, 1.165) is 18.4 Å². The monoisotopic (exact) mass is 272 g/mol. The largest absolute Gasteiger partial charge is 0.371 e. The molecule has 0 aromatic heterocycles. The van der Waals surface area contributed by atoms with E-state index >= 15 is 0 Å². The summed E-state index contributed by atoms with van der Waals surface area (Å²) in [6, 6.07) is 9.45. The number of hydrogen-bond donors (Lipinski definition) is 1. The Kier molecular flexibility index (Phi) is 4.30. The highest BCUT2D eigenvalue weighted by Crippen LogP contribution is 2.37. The van der Waals surface area contributed by atoms with Gasteiger partial charge in [0.1, 0.15) is 0 Å². The van der Waals surface area contributed by atoms with Gasteiger partial charge in [0, 0.05) is 24.8 Å². The maximum Gasteiger partial charge on any atom is 0.0414 e. The van der Waals surface area contributed by atoms with Gasteiger partial charge < -0.3 is 10.2 Å². The topological polar surface area (TPSA) is 15.3 Å². The van der Waals surface area contributed by atoms with Gasteiger partial charge in [-0.3, -0.25) is 0 Å². The summed E-state index contributed by atoms with van der Waals surface area (Å²) >= 11 is 0. The minimum Gasteiger partial charge on any atom is -0.371 e. The molecule has 110 valence electrons. The molecule has 0 saturated heterocycles. The van der Waals surface area contributed by atoms with Crippen molar-refractivity contribution in [2.45, 2.75) is 45.6 Å². The molecule has 3 rings (SSSR count). The minimum absolute atomic E-state index is 0.442. The van der Waals surface area contributed by atoms with Gasteiger partial charge in [-0.2, -0.15) is 0 Å². The molecule has 1 atom stereocenters. The Bertz CT molecular complexity index is 421. The lowest BCUT2D eigenvalue weighted by atomic mass is 10.0. The number of benzene rings is 1. The molecule has 20 heavy (non-hydrogen) atoms. The van der Waals surface area contributed by atoms with Gasteiger partial charge in [0.2, 0.25) is 0 Å². The number of nitrogens with one attached hydrogen (secondary N) is 1. The minimum atomic E-state index is 0.442. The van der Waals surface area contributed by atoms with Crippen molar-refractivity contribution in [1.29, 1.82) is 0 Å². The molecule has 1 N–H and O–H groups in total. The summed E-state index contributed by atoms with van der Waals surface area (Å²) in [6.45, 7) is 8.04. The Morgan fingerprint density at radius 2 is 1.70 bits per heavy atom. The van der Waals surface area contributed by atoms with Crippen molar-refractivity contribution >= 4 is 5.69 Å². The third-order valence-corrected chi connectivity index (χ3v) is 4.61. The zero-order valence-corrected chi connectivity index (χ0v) is 12.9. The molecule has 2 nitrogen and oxygen atoms in total. The molecule has 0 amide bonds. The SMILES string of the molecule is CCNC(C)c1ccccc1N(CC1CC1)CC1CC1. The third-order valence-electron chi connectivity index (χ3n) is 4.61. The number of anilines is 1. The van der Waals surface area contributed by atoms with Crippen LogP contribution in [0.25, 0.3) is 0 Å². The first-order valence-electron chi connectivity index (χ1n) is 8.35. The summed E-state index contributed by atoms with van der Waals surface area (Å²) in [6.07, 6.45) is 5.75. The standard InChI is InChI=1S/C18H28N2/c1-3-19-14(2)17-6-4-5-7-18(17)20(12-15-8-9-15)13-16-10-11-16/h4-7,14-16,19H,3,8-13H2,1-2H3. The quantitative estimate of drug-likeness (QED) is 0.770. The Hall–Kier alpha value is -1.02. The van der Waals surface area contributed by atoms with Crippen LogP contribution < -0.4 is 10.2 Å². The second-order valence-corrected chi connectivity index (χ2v) is 6.63. The van der Waals surface area contributed by atoms with Gasteiger partial charge in [-0.1, -0.05) is 25.1 Å². The van der Waals surface area contributed by atoms with E-state index in [9.17, 15) is 0 Å². The number of nitrogens with zero attached hydrogens (tertiary/aromatic N) is 1. The van der Waals surface area contributed by atoms with Crippen molar-refractivity contribution in [3.05, 3.63) is 29.8 Å². The van der Waals surface area contributed by atoms with Crippen LogP contribution in [-0.4, -0.2) is 19.6 Å². The molecule has 0 radical (unpaired) electrons. The summed E-state index contributed by atoms with van der Waals surface area (Å²) in [7, 11) is 0. The van der Waals surface area contributed by atoms with E-state index in [1.807, 2.05) is 0 Å². The average Bonchev–Trinajstić information content (AvgIpc) is 3.34. The maximum atomic E-state index is 3.57. The van der Waals surface area contributed by atoms with E-state index in [-0.39, 0.29) is 0 Å².